The van der Waals surface area contributed by atoms with E-state index in [0.717, 1.165) is 21.0 Å². The molecule has 3 aromatic rings. The summed E-state index contributed by atoms with van der Waals surface area (Å²) < 4.78 is 33.3. The van der Waals surface area contributed by atoms with E-state index < -0.39 is 28.4 Å². The third-order valence-corrected chi connectivity index (χ3v) is 6.96. The van der Waals surface area contributed by atoms with Crippen LogP contribution in [-0.4, -0.2) is 39.6 Å². The highest BCUT2D eigenvalue weighted by atomic mass is 32.2. The predicted octanol–water partition coefficient (Wildman–Crippen LogP) is 2.82. The summed E-state index contributed by atoms with van der Waals surface area (Å²) >= 11 is 0. The summed E-state index contributed by atoms with van der Waals surface area (Å²) in [5.74, 6) is -0.730. The van der Waals surface area contributed by atoms with E-state index in [-0.39, 0.29) is 11.5 Å². The fraction of sp³-hybridized carbons (Fsp3) is 0.192. The molecule has 0 aliphatic heterocycles. The molecule has 0 saturated carbocycles. The van der Waals surface area contributed by atoms with Crippen molar-refractivity contribution in [3.63, 3.8) is 0 Å². The van der Waals surface area contributed by atoms with Gasteiger partial charge in [0.05, 0.1) is 16.8 Å². The molecular weight excluding hydrogens is 480 g/mol. The van der Waals surface area contributed by atoms with Gasteiger partial charge in [-0.15, -0.1) is 0 Å². The first-order valence-electron chi connectivity index (χ1n) is 11.1. The van der Waals surface area contributed by atoms with Crippen molar-refractivity contribution in [2.75, 3.05) is 17.5 Å². The molecule has 9 nitrogen and oxygen atoms in total. The lowest BCUT2D eigenvalue weighted by molar-refractivity contribution is -0.120. The van der Waals surface area contributed by atoms with Crippen molar-refractivity contribution in [3.8, 4) is 5.75 Å². The molecule has 10 heteroatoms. The molecule has 0 aromatic heterocycles. The van der Waals surface area contributed by atoms with Crippen molar-refractivity contribution in [2.24, 2.45) is 10.8 Å². The average molecular weight is 509 g/mol. The molecule has 3 aromatic carbocycles. The van der Waals surface area contributed by atoms with Gasteiger partial charge in [0.25, 0.3) is 21.8 Å². The molecule has 0 atom stereocenters. The lowest BCUT2D eigenvalue weighted by atomic mass is 10.1. The maximum atomic E-state index is 13.5. The number of hydrogen-bond acceptors (Lipinski definition) is 6. The van der Waals surface area contributed by atoms with Crippen LogP contribution in [0, 0.1) is 20.8 Å². The number of ether oxygens (including phenoxy) is 1. The smallest absolute Gasteiger partial charge is 0.264 e. The molecule has 188 valence electrons. The van der Waals surface area contributed by atoms with Crippen LogP contribution in [0.4, 0.5) is 5.69 Å². The Hall–Kier alpha value is -4.18. The zero-order valence-corrected chi connectivity index (χ0v) is 21.1. The van der Waals surface area contributed by atoms with Gasteiger partial charge in [-0.05, 0) is 74.4 Å². The van der Waals surface area contributed by atoms with Gasteiger partial charge in [0.15, 0.2) is 6.61 Å². The third-order valence-electron chi connectivity index (χ3n) is 5.18. The molecule has 2 amide bonds. The molecule has 0 radical (unpaired) electrons. The minimum absolute atomic E-state index is 0.0861. The second-order valence-corrected chi connectivity index (χ2v) is 10.1. The molecule has 0 heterocycles. The topological polar surface area (TPSA) is 131 Å². The Morgan fingerprint density at radius 1 is 0.972 bits per heavy atom. The second kappa shape index (κ2) is 11.5. The van der Waals surface area contributed by atoms with Crippen molar-refractivity contribution < 1.29 is 22.7 Å². The van der Waals surface area contributed by atoms with Crippen molar-refractivity contribution in [3.05, 3.63) is 89.0 Å². The molecule has 3 rings (SSSR count). The number of hydrazone groups is 1. The maximum absolute atomic E-state index is 13.5. The first-order valence-corrected chi connectivity index (χ1v) is 12.5. The van der Waals surface area contributed by atoms with E-state index in [2.05, 4.69) is 10.5 Å². The van der Waals surface area contributed by atoms with E-state index in [4.69, 9.17) is 10.5 Å². The summed E-state index contributed by atoms with van der Waals surface area (Å²) in [6.07, 6.45) is 1.41. The number of hydrogen-bond donors (Lipinski definition) is 2. The molecule has 0 saturated heterocycles. The number of nitrogens with two attached hydrogens (primary N) is 1. The Morgan fingerprint density at radius 3 is 2.22 bits per heavy atom. The Morgan fingerprint density at radius 2 is 1.61 bits per heavy atom. The van der Waals surface area contributed by atoms with Gasteiger partial charge in [0, 0.05) is 0 Å². The molecule has 3 N–H and O–H groups in total. The van der Waals surface area contributed by atoms with Crippen LogP contribution in [0.1, 0.15) is 22.3 Å². The van der Waals surface area contributed by atoms with Crippen LogP contribution in [0.25, 0.3) is 0 Å². The molecule has 0 fully saturated rings. The van der Waals surface area contributed by atoms with Crippen LogP contribution in [-0.2, 0) is 19.6 Å². The second-order valence-electron chi connectivity index (χ2n) is 8.23. The Balaban J connectivity index is 1.77. The molecule has 36 heavy (non-hydrogen) atoms. The lowest BCUT2D eigenvalue weighted by Crippen LogP contribution is -2.40. The molecule has 0 bridgehead atoms. The highest BCUT2D eigenvalue weighted by Gasteiger charge is 2.28. The largest absolute Gasteiger partial charge is 0.484 e. The number of nitrogens with zero attached hydrogens (tertiary/aromatic N) is 2. The Bertz CT molecular complexity index is 1370. The summed E-state index contributed by atoms with van der Waals surface area (Å²) in [7, 11) is -4.02. The van der Waals surface area contributed by atoms with Crippen molar-refractivity contribution >= 4 is 33.7 Å². The highest BCUT2D eigenvalue weighted by molar-refractivity contribution is 7.92. The van der Waals surface area contributed by atoms with E-state index >= 15 is 0 Å². The standard InChI is InChI=1S/C26H28N4O5S/c1-18-4-11-23(12-5-18)36(33,34)30(24-13-6-19(2)14-20(24)3)16-26(32)29-28-15-21-7-9-22(10-8-21)35-17-25(27)31/h4-15H,16-17H2,1-3H3,(H2,27,31)(H,29,32)/b28-15+. The fourth-order valence-corrected chi connectivity index (χ4v) is 4.86. The number of carbonyl (C=O) groups excluding carboxylic acids is 2. The van der Waals surface area contributed by atoms with E-state index in [1.807, 2.05) is 19.9 Å². The quantitative estimate of drug-likeness (QED) is 0.321. The molecule has 0 unspecified atom stereocenters. The third kappa shape index (κ3) is 6.92. The van der Waals surface area contributed by atoms with Crippen LogP contribution in [0.3, 0.4) is 0 Å². The van der Waals surface area contributed by atoms with Gasteiger partial charge in [-0.1, -0.05) is 35.4 Å². The van der Waals surface area contributed by atoms with Gasteiger partial charge in [0.2, 0.25) is 0 Å². The summed E-state index contributed by atoms with van der Waals surface area (Å²) in [5, 5.41) is 3.93. The number of anilines is 1. The van der Waals surface area contributed by atoms with Crippen LogP contribution in [0.5, 0.6) is 5.75 Å². The van der Waals surface area contributed by atoms with Gasteiger partial charge in [-0.3, -0.25) is 13.9 Å². The summed E-state index contributed by atoms with van der Waals surface area (Å²) in [4.78, 5) is 23.6. The SMILES string of the molecule is Cc1ccc(S(=O)(=O)N(CC(=O)N/N=C/c2ccc(OCC(N)=O)cc2)c2ccc(C)cc2C)cc1. The summed E-state index contributed by atoms with van der Waals surface area (Å²) in [6, 6.07) is 18.4. The number of sulfonamides is 1. The number of carbonyl (C=O) groups is 2. The van der Waals surface area contributed by atoms with Gasteiger partial charge < -0.3 is 10.5 Å². The lowest BCUT2D eigenvalue weighted by Gasteiger charge is -2.25. The van der Waals surface area contributed by atoms with Crippen molar-refractivity contribution in [1.82, 2.24) is 5.43 Å². The Kier molecular flexibility index (Phi) is 8.44. The summed E-state index contributed by atoms with van der Waals surface area (Å²) in [6.45, 7) is 4.88. The van der Waals surface area contributed by atoms with Crippen LogP contribution in [0.15, 0.2) is 76.7 Å². The number of rotatable bonds is 10. The number of benzene rings is 3. The van der Waals surface area contributed by atoms with Gasteiger partial charge in [-0.25, -0.2) is 13.8 Å². The molecule has 0 spiro atoms. The summed E-state index contributed by atoms with van der Waals surface area (Å²) in [5.41, 5.74) is 11.1. The minimum Gasteiger partial charge on any atom is -0.484 e. The first kappa shape index (κ1) is 26.4. The fourth-order valence-electron chi connectivity index (χ4n) is 3.37. The average Bonchev–Trinajstić information content (AvgIpc) is 2.82. The normalized spacial score (nSPS) is 11.3. The zero-order valence-electron chi connectivity index (χ0n) is 20.3. The number of nitrogens with one attached hydrogen (secondary N) is 1. The Labute approximate surface area is 210 Å². The van der Waals surface area contributed by atoms with Crippen LogP contribution >= 0.6 is 0 Å². The maximum Gasteiger partial charge on any atom is 0.264 e. The molecule has 0 aliphatic carbocycles. The van der Waals surface area contributed by atoms with E-state index in [9.17, 15) is 18.0 Å². The molecular formula is C26H28N4O5S. The van der Waals surface area contributed by atoms with E-state index in [1.54, 1.807) is 55.5 Å². The van der Waals surface area contributed by atoms with Gasteiger partial charge in [0.1, 0.15) is 12.3 Å². The van der Waals surface area contributed by atoms with Crippen molar-refractivity contribution in [2.45, 2.75) is 25.7 Å². The molecule has 0 aliphatic rings. The van der Waals surface area contributed by atoms with Crippen LogP contribution in [0.2, 0.25) is 0 Å². The van der Waals surface area contributed by atoms with Gasteiger partial charge in [-0.2, -0.15) is 5.10 Å². The first-order chi connectivity index (χ1) is 17.1. The van der Waals surface area contributed by atoms with Crippen molar-refractivity contribution in [1.29, 1.82) is 0 Å². The predicted molar refractivity (Wildman–Crippen MR) is 138 cm³/mol. The minimum atomic E-state index is -4.02. The van der Waals surface area contributed by atoms with E-state index in [1.165, 1.54) is 18.3 Å². The van der Waals surface area contributed by atoms with Gasteiger partial charge >= 0.3 is 0 Å². The zero-order chi connectivity index (χ0) is 26.3. The number of aryl methyl sites for hydroxylation is 3. The van der Waals surface area contributed by atoms with E-state index in [0.29, 0.717) is 17.0 Å². The monoisotopic (exact) mass is 508 g/mol. The number of amides is 2. The highest BCUT2D eigenvalue weighted by Crippen LogP contribution is 2.27. The number of primary amides is 1. The van der Waals surface area contributed by atoms with Crippen LogP contribution < -0.4 is 20.2 Å².